The molecule has 2 heterocycles. The molecule has 2 aromatic heterocycles. The summed E-state index contributed by atoms with van der Waals surface area (Å²) >= 11 is 0. The van der Waals surface area contributed by atoms with Crippen molar-refractivity contribution in [3.05, 3.63) is 90.7 Å². The number of para-hydroxylation sites is 1. The Kier molecular flexibility index (Phi) is 5.14. The Balaban J connectivity index is 1.35. The number of amides is 1. The van der Waals surface area contributed by atoms with Crippen LogP contribution in [0.2, 0.25) is 0 Å². The van der Waals surface area contributed by atoms with Gasteiger partial charge in [0.2, 0.25) is 5.91 Å². The number of hydrogen-bond acceptors (Lipinski definition) is 4. The maximum atomic E-state index is 12.5. The van der Waals surface area contributed by atoms with Crippen LogP contribution in [0.1, 0.15) is 30.3 Å². The summed E-state index contributed by atoms with van der Waals surface area (Å²) in [4.78, 5) is 12.5. The van der Waals surface area contributed by atoms with E-state index in [9.17, 15) is 4.79 Å². The summed E-state index contributed by atoms with van der Waals surface area (Å²) in [5.74, 6) is 0.600. The first kappa shape index (κ1) is 19.0. The van der Waals surface area contributed by atoms with Crippen molar-refractivity contribution < 1.29 is 4.79 Å². The van der Waals surface area contributed by atoms with E-state index in [1.807, 2.05) is 76.1 Å². The van der Waals surface area contributed by atoms with Gasteiger partial charge in [0.25, 0.3) is 0 Å². The maximum Gasteiger partial charge on any atom is 0.244 e. The third kappa shape index (κ3) is 4.30. The number of rotatable bonds is 7. The van der Waals surface area contributed by atoms with Crippen molar-refractivity contribution in [3.63, 3.8) is 0 Å². The maximum absolute atomic E-state index is 12.5. The minimum atomic E-state index is -0.184. The van der Waals surface area contributed by atoms with Gasteiger partial charge in [-0.3, -0.25) is 4.79 Å². The molecule has 7 nitrogen and oxygen atoms in total. The Bertz CT molecular complexity index is 1210. The Hall–Kier alpha value is -4.00. The van der Waals surface area contributed by atoms with Crippen LogP contribution in [-0.2, 0) is 11.3 Å². The average molecular weight is 410 g/mol. The van der Waals surface area contributed by atoms with Crippen molar-refractivity contribution in [2.24, 2.45) is 0 Å². The lowest BCUT2D eigenvalue weighted by Crippen LogP contribution is -2.22. The molecule has 0 spiro atoms. The van der Waals surface area contributed by atoms with Crippen LogP contribution in [0.25, 0.3) is 23.0 Å². The monoisotopic (exact) mass is 410 g/mol. The number of nitrogens with one attached hydrogen (secondary N) is 1. The zero-order valence-corrected chi connectivity index (χ0v) is 16.9. The summed E-state index contributed by atoms with van der Waals surface area (Å²) in [6, 6.07) is 20.4. The van der Waals surface area contributed by atoms with Crippen LogP contribution in [0.15, 0.2) is 79.3 Å². The predicted molar refractivity (Wildman–Crippen MR) is 118 cm³/mol. The topological polar surface area (TPSA) is 77.6 Å². The van der Waals surface area contributed by atoms with Crippen LogP contribution < -0.4 is 5.32 Å². The first-order valence-corrected chi connectivity index (χ1v) is 10.3. The second-order valence-electron chi connectivity index (χ2n) is 7.52. The van der Waals surface area contributed by atoms with E-state index in [0.717, 1.165) is 41.2 Å². The van der Waals surface area contributed by atoms with Gasteiger partial charge in [-0.25, -0.2) is 4.68 Å². The molecule has 0 unspecified atom stereocenters. The van der Waals surface area contributed by atoms with Gasteiger partial charge in [-0.15, -0.1) is 10.2 Å². The zero-order valence-electron chi connectivity index (χ0n) is 16.9. The Morgan fingerprint density at radius 1 is 1.06 bits per heavy atom. The standard InChI is InChI=1S/C24H22N6O/c31-23(25-15-22-27-26-17-29(22)20-12-13-20)14-11-19-16-30(21-9-5-2-6-10-21)28-24(19)18-7-3-1-4-8-18/h1-11,14,16-17,20H,12-13,15H2,(H,25,31)/b14-11+. The summed E-state index contributed by atoms with van der Waals surface area (Å²) in [5.41, 5.74) is 3.64. The van der Waals surface area contributed by atoms with E-state index in [0.29, 0.717) is 12.6 Å². The van der Waals surface area contributed by atoms with E-state index >= 15 is 0 Å². The summed E-state index contributed by atoms with van der Waals surface area (Å²) in [7, 11) is 0. The van der Waals surface area contributed by atoms with Crippen LogP contribution in [0.3, 0.4) is 0 Å². The largest absolute Gasteiger partial charge is 0.345 e. The molecule has 7 heteroatoms. The second-order valence-corrected chi connectivity index (χ2v) is 7.52. The van der Waals surface area contributed by atoms with Gasteiger partial charge < -0.3 is 9.88 Å². The molecular formula is C24H22N6O. The molecule has 0 aliphatic heterocycles. The van der Waals surface area contributed by atoms with Gasteiger partial charge in [-0.2, -0.15) is 5.10 Å². The molecule has 1 fully saturated rings. The lowest BCUT2D eigenvalue weighted by Gasteiger charge is -2.04. The van der Waals surface area contributed by atoms with Crippen LogP contribution >= 0.6 is 0 Å². The molecule has 1 amide bonds. The van der Waals surface area contributed by atoms with Crippen molar-refractivity contribution in [2.75, 3.05) is 0 Å². The molecule has 0 bridgehead atoms. The number of hydrogen-bond donors (Lipinski definition) is 1. The van der Waals surface area contributed by atoms with Crippen LogP contribution in [0, 0.1) is 0 Å². The van der Waals surface area contributed by atoms with Gasteiger partial charge in [-0.05, 0) is 31.1 Å². The molecule has 1 saturated carbocycles. The van der Waals surface area contributed by atoms with Crippen molar-refractivity contribution >= 4 is 12.0 Å². The van der Waals surface area contributed by atoms with Crippen molar-refractivity contribution in [1.29, 1.82) is 0 Å². The molecule has 2 aromatic carbocycles. The Morgan fingerprint density at radius 3 is 2.55 bits per heavy atom. The SMILES string of the molecule is O=C(/C=C/c1cn(-c2ccccc2)nc1-c1ccccc1)NCc1nncn1C1CC1. The van der Waals surface area contributed by atoms with Gasteiger partial charge in [0.1, 0.15) is 6.33 Å². The van der Waals surface area contributed by atoms with E-state index < -0.39 is 0 Å². The molecule has 1 aliphatic rings. The first-order valence-electron chi connectivity index (χ1n) is 10.3. The quantitative estimate of drug-likeness (QED) is 0.470. The Labute approximate surface area is 180 Å². The molecular weight excluding hydrogens is 388 g/mol. The third-order valence-electron chi connectivity index (χ3n) is 5.23. The van der Waals surface area contributed by atoms with E-state index in [4.69, 9.17) is 5.10 Å². The van der Waals surface area contributed by atoms with Gasteiger partial charge in [0.05, 0.1) is 17.9 Å². The normalized spacial score (nSPS) is 13.5. The van der Waals surface area contributed by atoms with E-state index in [1.165, 1.54) is 6.08 Å². The van der Waals surface area contributed by atoms with Crippen LogP contribution in [0.5, 0.6) is 0 Å². The number of carbonyl (C=O) groups excluding carboxylic acids is 1. The highest BCUT2D eigenvalue weighted by Gasteiger charge is 2.25. The second kappa shape index (κ2) is 8.39. The van der Waals surface area contributed by atoms with Crippen molar-refractivity contribution in [3.8, 4) is 16.9 Å². The van der Waals surface area contributed by atoms with Crippen LogP contribution in [0.4, 0.5) is 0 Å². The first-order chi connectivity index (χ1) is 15.3. The summed E-state index contributed by atoms with van der Waals surface area (Å²) in [5, 5.41) is 15.7. The fourth-order valence-corrected chi connectivity index (χ4v) is 3.48. The number of aromatic nitrogens is 5. The van der Waals surface area contributed by atoms with Gasteiger partial charge in [0.15, 0.2) is 5.82 Å². The van der Waals surface area contributed by atoms with Crippen LogP contribution in [-0.4, -0.2) is 30.5 Å². The number of benzene rings is 2. The van der Waals surface area contributed by atoms with Crippen molar-refractivity contribution in [2.45, 2.75) is 25.4 Å². The molecule has 0 saturated heterocycles. The highest BCUT2D eigenvalue weighted by molar-refractivity contribution is 5.92. The molecule has 5 rings (SSSR count). The molecule has 0 radical (unpaired) electrons. The summed E-state index contributed by atoms with van der Waals surface area (Å²) in [6.45, 7) is 0.356. The average Bonchev–Trinajstić information content (AvgIpc) is 3.40. The smallest absolute Gasteiger partial charge is 0.244 e. The van der Waals surface area contributed by atoms with Gasteiger partial charge in [-0.1, -0.05) is 48.5 Å². The van der Waals surface area contributed by atoms with Crippen molar-refractivity contribution in [1.82, 2.24) is 29.9 Å². The molecule has 4 aromatic rings. The highest BCUT2D eigenvalue weighted by atomic mass is 16.1. The molecule has 1 aliphatic carbocycles. The lowest BCUT2D eigenvalue weighted by atomic mass is 10.1. The summed E-state index contributed by atoms with van der Waals surface area (Å²) in [6.07, 6.45) is 9.30. The Morgan fingerprint density at radius 2 is 1.81 bits per heavy atom. The minimum absolute atomic E-state index is 0.184. The number of carbonyl (C=O) groups is 1. The highest BCUT2D eigenvalue weighted by Crippen LogP contribution is 2.35. The predicted octanol–water partition coefficient (Wildman–Crippen LogP) is 3.80. The fourth-order valence-electron chi connectivity index (χ4n) is 3.48. The molecule has 0 atom stereocenters. The minimum Gasteiger partial charge on any atom is -0.345 e. The van der Waals surface area contributed by atoms with E-state index in [2.05, 4.69) is 15.5 Å². The molecule has 154 valence electrons. The number of nitrogens with zero attached hydrogens (tertiary/aromatic N) is 5. The van der Waals surface area contributed by atoms with Gasteiger partial charge >= 0.3 is 0 Å². The fraction of sp³-hybridized carbons (Fsp3) is 0.167. The molecule has 31 heavy (non-hydrogen) atoms. The van der Waals surface area contributed by atoms with Gasteiger partial charge in [0, 0.05) is 29.4 Å². The summed E-state index contributed by atoms with van der Waals surface area (Å²) < 4.78 is 3.87. The lowest BCUT2D eigenvalue weighted by molar-refractivity contribution is -0.116. The zero-order chi connectivity index (χ0) is 21.0. The molecule has 1 N–H and O–H groups in total. The van der Waals surface area contributed by atoms with E-state index in [-0.39, 0.29) is 5.91 Å². The third-order valence-corrected chi connectivity index (χ3v) is 5.23. The van der Waals surface area contributed by atoms with E-state index in [1.54, 1.807) is 12.4 Å².